The lowest BCUT2D eigenvalue weighted by molar-refractivity contribution is 1.29. The standard InChI is InChI=1S/C9H8BN3/c1-11-9-3-8-6(4-13-9)2-7(10)5-12-8/h2-5H,1H3,(H,11,13). The molecule has 0 amide bonds. The van der Waals surface area contributed by atoms with Crippen molar-refractivity contribution < 1.29 is 0 Å². The van der Waals surface area contributed by atoms with Crippen LogP contribution in [0.5, 0.6) is 0 Å². The van der Waals surface area contributed by atoms with Crippen molar-refractivity contribution in [2.75, 3.05) is 12.4 Å². The van der Waals surface area contributed by atoms with E-state index < -0.39 is 0 Å². The second-order valence-electron chi connectivity index (χ2n) is 2.78. The number of rotatable bonds is 1. The molecule has 2 aromatic heterocycles. The van der Waals surface area contributed by atoms with E-state index in [9.17, 15) is 0 Å². The number of nitrogens with zero attached hydrogens (tertiary/aromatic N) is 2. The minimum Gasteiger partial charge on any atom is -0.373 e. The maximum absolute atomic E-state index is 5.59. The quantitative estimate of drug-likeness (QED) is 0.630. The average Bonchev–Trinajstić information content (AvgIpc) is 2.17. The molecule has 1 N–H and O–H groups in total. The Kier molecular flexibility index (Phi) is 1.89. The van der Waals surface area contributed by atoms with Gasteiger partial charge in [0, 0.05) is 30.9 Å². The molecule has 2 aromatic rings. The predicted molar refractivity (Wildman–Crippen MR) is 54.5 cm³/mol. The van der Waals surface area contributed by atoms with Gasteiger partial charge in [-0.1, -0.05) is 11.5 Å². The first-order valence-corrected chi connectivity index (χ1v) is 3.98. The van der Waals surface area contributed by atoms with E-state index >= 15 is 0 Å². The first-order chi connectivity index (χ1) is 6.29. The normalized spacial score (nSPS) is 10.2. The van der Waals surface area contributed by atoms with Crippen molar-refractivity contribution in [2.24, 2.45) is 0 Å². The number of hydrogen-bond acceptors (Lipinski definition) is 3. The van der Waals surface area contributed by atoms with Crippen LogP contribution in [0, 0.1) is 0 Å². The SMILES string of the molecule is [B]c1cnc2cc(NC)ncc2c1. The molecule has 0 aliphatic rings. The van der Waals surface area contributed by atoms with E-state index in [1.165, 1.54) is 0 Å². The maximum Gasteiger partial charge on any atom is 0.127 e. The van der Waals surface area contributed by atoms with E-state index in [-0.39, 0.29) is 0 Å². The molecule has 0 aliphatic carbocycles. The van der Waals surface area contributed by atoms with Crippen LogP contribution in [0.25, 0.3) is 10.9 Å². The van der Waals surface area contributed by atoms with Crippen molar-refractivity contribution in [1.29, 1.82) is 0 Å². The van der Waals surface area contributed by atoms with Crippen LogP contribution in [-0.4, -0.2) is 24.9 Å². The molecule has 3 nitrogen and oxygen atoms in total. The van der Waals surface area contributed by atoms with Crippen LogP contribution in [0.4, 0.5) is 5.82 Å². The van der Waals surface area contributed by atoms with Crippen LogP contribution in [0.15, 0.2) is 24.5 Å². The summed E-state index contributed by atoms with van der Waals surface area (Å²) >= 11 is 0. The smallest absolute Gasteiger partial charge is 0.127 e. The molecule has 13 heavy (non-hydrogen) atoms. The Hall–Kier alpha value is -1.58. The van der Waals surface area contributed by atoms with Crippen LogP contribution in [0.2, 0.25) is 0 Å². The molecule has 0 atom stereocenters. The Morgan fingerprint density at radius 3 is 2.85 bits per heavy atom. The topological polar surface area (TPSA) is 37.8 Å². The number of pyridine rings is 2. The number of nitrogens with one attached hydrogen (secondary N) is 1. The zero-order valence-electron chi connectivity index (χ0n) is 7.28. The summed E-state index contributed by atoms with van der Waals surface area (Å²) in [5.74, 6) is 0.810. The Balaban J connectivity index is 2.66. The fourth-order valence-corrected chi connectivity index (χ4v) is 1.18. The van der Waals surface area contributed by atoms with Gasteiger partial charge in [0.05, 0.1) is 5.52 Å². The lowest BCUT2D eigenvalue weighted by Crippen LogP contribution is -2.02. The van der Waals surface area contributed by atoms with Crippen LogP contribution in [-0.2, 0) is 0 Å². The van der Waals surface area contributed by atoms with E-state index in [1.54, 1.807) is 12.4 Å². The number of aromatic nitrogens is 2. The van der Waals surface area contributed by atoms with Crippen LogP contribution in [0.3, 0.4) is 0 Å². The van der Waals surface area contributed by atoms with Gasteiger partial charge in [-0.25, -0.2) is 4.98 Å². The fraction of sp³-hybridized carbons (Fsp3) is 0.111. The second kappa shape index (κ2) is 3.05. The molecule has 0 aromatic carbocycles. The summed E-state index contributed by atoms with van der Waals surface area (Å²) < 4.78 is 0. The van der Waals surface area contributed by atoms with Gasteiger partial charge in [0.2, 0.25) is 0 Å². The molecule has 2 rings (SSSR count). The Morgan fingerprint density at radius 1 is 1.23 bits per heavy atom. The zero-order chi connectivity index (χ0) is 9.26. The summed E-state index contributed by atoms with van der Waals surface area (Å²) in [5, 5.41) is 3.91. The highest BCUT2D eigenvalue weighted by molar-refractivity contribution is 6.32. The number of fused-ring (bicyclic) bond motifs is 1. The molecule has 0 spiro atoms. The highest BCUT2D eigenvalue weighted by Gasteiger charge is 1.96. The summed E-state index contributed by atoms with van der Waals surface area (Å²) in [5.41, 5.74) is 1.56. The van der Waals surface area contributed by atoms with Crippen molar-refractivity contribution in [1.82, 2.24) is 9.97 Å². The molecule has 0 saturated carbocycles. The second-order valence-corrected chi connectivity index (χ2v) is 2.78. The van der Waals surface area contributed by atoms with Crippen LogP contribution >= 0.6 is 0 Å². The monoisotopic (exact) mass is 169 g/mol. The van der Waals surface area contributed by atoms with Gasteiger partial charge in [-0.3, -0.25) is 4.98 Å². The summed E-state index contributed by atoms with van der Waals surface area (Å²) in [6.45, 7) is 0. The van der Waals surface area contributed by atoms with Gasteiger partial charge >= 0.3 is 0 Å². The lowest BCUT2D eigenvalue weighted by Gasteiger charge is -2.01. The van der Waals surface area contributed by atoms with Crippen molar-refractivity contribution in [2.45, 2.75) is 0 Å². The highest BCUT2D eigenvalue weighted by Crippen LogP contribution is 2.11. The Morgan fingerprint density at radius 2 is 2.08 bits per heavy atom. The third-order valence-corrected chi connectivity index (χ3v) is 1.84. The van der Waals surface area contributed by atoms with E-state index in [0.29, 0.717) is 5.46 Å². The van der Waals surface area contributed by atoms with Gasteiger partial charge in [-0.05, 0) is 0 Å². The third kappa shape index (κ3) is 1.47. The van der Waals surface area contributed by atoms with Crippen molar-refractivity contribution in [3.05, 3.63) is 24.5 Å². The third-order valence-electron chi connectivity index (χ3n) is 1.84. The van der Waals surface area contributed by atoms with Gasteiger partial charge in [-0.15, -0.1) is 0 Å². The van der Waals surface area contributed by atoms with Crippen molar-refractivity contribution >= 4 is 30.0 Å². The molecule has 0 unspecified atom stereocenters. The summed E-state index contributed by atoms with van der Waals surface area (Å²) in [6, 6.07) is 3.74. The van der Waals surface area contributed by atoms with Crippen molar-refractivity contribution in [3.63, 3.8) is 0 Å². The average molecular weight is 169 g/mol. The first-order valence-electron chi connectivity index (χ1n) is 3.98. The molecule has 4 heteroatoms. The highest BCUT2D eigenvalue weighted by atomic mass is 14.9. The molecule has 2 heterocycles. The summed E-state index contributed by atoms with van der Waals surface area (Å²) in [7, 11) is 7.41. The molecule has 0 saturated heterocycles. The molecule has 0 bridgehead atoms. The largest absolute Gasteiger partial charge is 0.373 e. The van der Waals surface area contributed by atoms with Gasteiger partial charge in [0.1, 0.15) is 13.7 Å². The minimum atomic E-state index is 0.659. The van der Waals surface area contributed by atoms with Crippen LogP contribution in [0.1, 0.15) is 0 Å². The molecule has 2 radical (unpaired) electrons. The van der Waals surface area contributed by atoms with E-state index in [2.05, 4.69) is 15.3 Å². The molecular formula is C9H8BN3. The maximum atomic E-state index is 5.59. The minimum absolute atomic E-state index is 0.659. The Labute approximate surface area is 77.6 Å². The van der Waals surface area contributed by atoms with E-state index in [1.807, 2.05) is 19.2 Å². The Bertz CT molecular complexity index is 442. The summed E-state index contributed by atoms with van der Waals surface area (Å²) in [4.78, 5) is 8.34. The van der Waals surface area contributed by atoms with E-state index in [4.69, 9.17) is 7.85 Å². The molecule has 0 aliphatic heterocycles. The van der Waals surface area contributed by atoms with Gasteiger partial charge in [0.15, 0.2) is 0 Å². The van der Waals surface area contributed by atoms with Gasteiger partial charge in [0.25, 0.3) is 0 Å². The van der Waals surface area contributed by atoms with Crippen molar-refractivity contribution in [3.8, 4) is 0 Å². The molecule has 0 fully saturated rings. The first kappa shape index (κ1) is 8.04. The number of anilines is 1. The lowest BCUT2D eigenvalue weighted by atomic mass is 9.97. The predicted octanol–water partition coefficient (Wildman–Crippen LogP) is 0.465. The fourth-order valence-electron chi connectivity index (χ4n) is 1.18. The summed E-state index contributed by atoms with van der Waals surface area (Å²) in [6.07, 6.45) is 3.40. The van der Waals surface area contributed by atoms with Crippen LogP contribution < -0.4 is 10.8 Å². The zero-order valence-corrected chi connectivity index (χ0v) is 7.28. The molecule has 62 valence electrons. The van der Waals surface area contributed by atoms with Gasteiger partial charge in [-0.2, -0.15) is 0 Å². The van der Waals surface area contributed by atoms with E-state index in [0.717, 1.165) is 16.7 Å². The van der Waals surface area contributed by atoms with Gasteiger partial charge < -0.3 is 5.32 Å². The number of hydrogen-bond donors (Lipinski definition) is 1. The molecular weight excluding hydrogens is 161 g/mol.